The predicted molar refractivity (Wildman–Crippen MR) is 260 cm³/mol. The van der Waals surface area contributed by atoms with E-state index in [1.54, 1.807) is 0 Å². The molecule has 1 saturated heterocycles. The van der Waals surface area contributed by atoms with Gasteiger partial charge in [-0.3, -0.25) is 14.5 Å². The van der Waals surface area contributed by atoms with Crippen LogP contribution in [0.2, 0.25) is 0 Å². The fraction of sp³-hybridized carbons (Fsp3) is 0.962. The molecule has 3 unspecified atom stereocenters. The molecule has 1 aliphatic heterocycles. The van der Waals surface area contributed by atoms with Gasteiger partial charge < -0.3 is 24.8 Å². The number of hydrogen-bond donors (Lipinski definition) is 2. The van der Waals surface area contributed by atoms with E-state index >= 15 is 0 Å². The van der Waals surface area contributed by atoms with E-state index < -0.39 is 6.04 Å². The van der Waals surface area contributed by atoms with Gasteiger partial charge in [-0.2, -0.15) is 0 Å². The highest BCUT2D eigenvalue weighted by Crippen LogP contribution is 2.22. The molecule has 3 atom stereocenters. The van der Waals surface area contributed by atoms with Crippen LogP contribution in [0.15, 0.2) is 0 Å². The monoisotopic (exact) mass is 864 g/mol. The number of carbonyl (C=O) groups is 2. The van der Waals surface area contributed by atoms with Crippen LogP contribution < -0.4 is 5.32 Å². The first-order valence-corrected chi connectivity index (χ1v) is 27.1. The molecule has 362 valence electrons. The van der Waals surface area contributed by atoms with Crippen LogP contribution in [0.5, 0.6) is 0 Å². The number of piperazine rings is 1. The molecule has 0 aliphatic carbocycles. The van der Waals surface area contributed by atoms with Gasteiger partial charge in [-0.25, -0.2) is 0 Å². The normalized spacial score (nSPS) is 15.2. The summed E-state index contributed by atoms with van der Waals surface area (Å²) < 4.78 is 12.2. The van der Waals surface area contributed by atoms with Gasteiger partial charge in [-0.15, -0.1) is 0 Å². The SMILES string of the molecule is CCCCCCCCCCC(CCCCCCCC)COC(=O)CC(NCCN1CCN(CCCO)CC1)C(=O)OCC(CCCCCCCC)CCCCCCCCCC. The molecule has 2 N–H and O–H groups in total. The Labute approximate surface area is 379 Å². The summed E-state index contributed by atoms with van der Waals surface area (Å²) in [7, 11) is 0. The van der Waals surface area contributed by atoms with E-state index in [-0.39, 0.29) is 25.0 Å². The number of unbranched alkanes of at least 4 members (excludes halogenated alkanes) is 24. The number of carbonyl (C=O) groups excluding carboxylic acids is 2. The molecule has 61 heavy (non-hydrogen) atoms. The minimum Gasteiger partial charge on any atom is -0.465 e. The van der Waals surface area contributed by atoms with Crippen molar-refractivity contribution in [3.8, 4) is 0 Å². The molecule has 0 aromatic carbocycles. The Morgan fingerprint density at radius 2 is 0.820 bits per heavy atom. The molecular weight excluding hydrogens is 759 g/mol. The topological polar surface area (TPSA) is 91.3 Å². The van der Waals surface area contributed by atoms with Crippen molar-refractivity contribution >= 4 is 11.9 Å². The molecule has 0 aromatic heterocycles. The molecule has 0 bridgehead atoms. The molecule has 0 aromatic rings. The van der Waals surface area contributed by atoms with Gasteiger partial charge in [0, 0.05) is 52.4 Å². The number of aliphatic hydroxyl groups is 1. The molecule has 0 amide bonds. The zero-order chi connectivity index (χ0) is 44.3. The summed E-state index contributed by atoms with van der Waals surface area (Å²) in [5.74, 6) is 0.198. The van der Waals surface area contributed by atoms with Crippen LogP contribution in [0.25, 0.3) is 0 Å². The molecule has 1 heterocycles. The van der Waals surface area contributed by atoms with Crippen molar-refractivity contribution in [2.24, 2.45) is 11.8 Å². The summed E-state index contributed by atoms with van der Waals surface area (Å²) in [6.07, 6.45) is 41.5. The lowest BCUT2D eigenvalue weighted by Gasteiger charge is -2.34. The van der Waals surface area contributed by atoms with E-state index in [0.29, 0.717) is 31.6 Å². The van der Waals surface area contributed by atoms with Crippen molar-refractivity contribution in [3.63, 3.8) is 0 Å². The van der Waals surface area contributed by atoms with Gasteiger partial charge in [0.05, 0.1) is 19.6 Å². The Kier molecular flexibility index (Phi) is 41.7. The van der Waals surface area contributed by atoms with Gasteiger partial charge >= 0.3 is 11.9 Å². The highest BCUT2D eigenvalue weighted by molar-refractivity contribution is 5.82. The van der Waals surface area contributed by atoms with Gasteiger partial charge in [0.2, 0.25) is 0 Å². The number of esters is 2. The number of nitrogens with zero attached hydrogens (tertiary/aromatic N) is 2. The van der Waals surface area contributed by atoms with E-state index in [4.69, 9.17) is 9.47 Å². The van der Waals surface area contributed by atoms with Gasteiger partial charge in [0.25, 0.3) is 0 Å². The highest BCUT2D eigenvalue weighted by Gasteiger charge is 2.26. The molecule has 1 rings (SSSR count). The average Bonchev–Trinajstić information content (AvgIpc) is 3.27. The first kappa shape index (κ1) is 57.8. The first-order chi connectivity index (χ1) is 30.0. The smallest absolute Gasteiger partial charge is 0.323 e. The average molecular weight is 864 g/mol. The van der Waals surface area contributed by atoms with Crippen molar-refractivity contribution in [3.05, 3.63) is 0 Å². The number of aliphatic hydroxyl groups excluding tert-OH is 1. The van der Waals surface area contributed by atoms with Crippen molar-refractivity contribution in [2.45, 2.75) is 252 Å². The summed E-state index contributed by atoms with van der Waals surface area (Å²) >= 11 is 0. The third-order valence-corrected chi connectivity index (χ3v) is 13.4. The summed E-state index contributed by atoms with van der Waals surface area (Å²) in [6.45, 7) is 16.6. The zero-order valence-electron chi connectivity index (χ0n) is 41.3. The van der Waals surface area contributed by atoms with Crippen molar-refractivity contribution in [2.75, 3.05) is 65.6 Å². The second kappa shape index (κ2) is 44.0. The van der Waals surface area contributed by atoms with Gasteiger partial charge in [0.1, 0.15) is 6.04 Å². The predicted octanol–water partition coefficient (Wildman–Crippen LogP) is 13.2. The second-order valence-electron chi connectivity index (χ2n) is 19.2. The Morgan fingerprint density at radius 3 is 1.20 bits per heavy atom. The quantitative estimate of drug-likeness (QED) is 0.0462. The third kappa shape index (κ3) is 35.8. The lowest BCUT2D eigenvalue weighted by molar-refractivity contribution is -0.154. The van der Waals surface area contributed by atoms with Crippen LogP contribution in [0.1, 0.15) is 246 Å². The molecule has 0 spiro atoms. The molecule has 1 aliphatic rings. The van der Waals surface area contributed by atoms with E-state index in [1.807, 2.05) is 0 Å². The molecule has 8 nitrogen and oxygen atoms in total. The Morgan fingerprint density at radius 1 is 0.475 bits per heavy atom. The van der Waals surface area contributed by atoms with E-state index in [1.165, 1.54) is 180 Å². The maximum atomic E-state index is 13.9. The van der Waals surface area contributed by atoms with Gasteiger partial charge in [-0.05, 0) is 43.9 Å². The van der Waals surface area contributed by atoms with Crippen LogP contribution in [0.4, 0.5) is 0 Å². The number of nitrogens with one attached hydrogen (secondary N) is 1. The van der Waals surface area contributed by atoms with Gasteiger partial charge in [-0.1, -0.05) is 207 Å². The molecular formula is C53H105N3O5. The summed E-state index contributed by atoms with van der Waals surface area (Å²) in [5.41, 5.74) is 0. The summed E-state index contributed by atoms with van der Waals surface area (Å²) in [4.78, 5) is 32.3. The Bertz CT molecular complexity index is 945. The molecule has 1 fully saturated rings. The second-order valence-corrected chi connectivity index (χ2v) is 19.2. The number of ether oxygens (including phenoxy) is 2. The zero-order valence-corrected chi connectivity index (χ0v) is 41.3. The van der Waals surface area contributed by atoms with Gasteiger partial charge in [0.15, 0.2) is 0 Å². The lowest BCUT2D eigenvalue weighted by Crippen LogP contribution is -2.50. The van der Waals surface area contributed by atoms with E-state index in [0.717, 1.165) is 71.4 Å². The fourth-order valence-electron chi connectivity index (χ4n) is 9.09. The maximum Gasteiger partial charge on any atom is 0.323 e. The lowest BCUT2D eigenvalue weighted by atomic mass is 9.94. The van der Waals surface area contributed by atoms with Crippen LogP contribution in [-0.4, -0.2) is 98.5 Å². The Hall–Kier alpha value is -1.22. The standard InChI is InChI=1S/C53H105N3O5/c1-5-9-13-17-21-23-27-31-35-49(34-29-25-19-15-11-7-3)47-60-52(58)46-51(54-38-40-56-43-41-55(42-44-56)39-33-45-57)53(59)61-48-50(36-30-26-20-16-12-8-4)37-32-28-24-22-18-14-10-6-2/h49-51,54,57H,5-48H2,1-4H3. The summed E-state index contributed by atoms with van der Waals surface area (Å²) in [6, 6.07) is -0.694. The van der Waals surface area contributed by atoms with Crippen molar-refractivity contribution in [1.82, 2.24) is 15.1 Å². The van der Waals surface area contributed by atoms with Crippen LogP contribution in [0.3, 0.4) is 0 Å². The minimum absolute atomic E-state index is 0.0232. The first-order valence-electron chi connectivity index (χ1n) is 27.1. The number of rotatable bonds is 46. The molecule has 0 radical (unpaired) electrons. The van der Waals surface area contributed by atoms with Crippen LogP contribution in [0, 0.1) is 11.8 Å². The van der Waals surface area contributed by atoms with E-state index in [2.05, 4.69) is 42.8 Å². The third-order valence-electron chi connectivity index (χ3n) is 13.4. The number of hydrogen-bond acceptors (Lipinski definition) is 8. The largest absolute Gasteiger partial charge is 0.465 e. The van der Waals surface area contributed by atoms with E-state index in [9.17, 15) is 14.7 Å². The maximum absolute atomic E-state index is 13.9. The van der Waals surface area contributed by atoms with Crippen LogP contribution in [-0.2, 0) is 19.1 Å². The summed E-state index contributed by atoms with van der Waals surface area (Å²) in [5, 5.41) is 12.7. The van der Waals surface area contributed by atoms with Crippen LogP contribution >= 0.6 is 0 Å². The van der Waals surface area contributed by atoms with Crippen molar-refractivity contribution < 1.29 is 24.2 Å². The van der Waals surface area contributed by atoms with Crippen molar-refractivity contribution in [1.29, 1.82) is 0 Å². The Balaban J connectivity index is 2.85. The fourth-order valence-corrected chi connectivity index (χ4v) is 9.09. The molecule has 8 heteroatoms. The minimum atomic E-state index is -0.694. The highest BCUT2D eigenvalue weighted by atomic mass is 16.5. The molecule has 0 saturated carbocycles.